The number of fused-ring (bicyclic) bond motifs is 4. The Morgan fingerprint density at radius 3 is 1.93 bits per heavy atom. The zero-order valence-corrected chi connectivity index (χ0v) is 24.8. The number of halogens is 2. The maximum absolute atomic E-state index is 13.8. The molecule has 6 rings (SSSR count). The predicted molar refractivity (Wildman–Crippen MR) is 174 cm³/mol. The Morgan fingerprint density at radius 1 is 0.698 bits per heavy atom. The summed E-state index contributed by atoms with van der Waals surface area (Å²) in [6.07, 6.45) is 5.81. The molecule has 7 heteroatoms. The van der Waals surface area contributed by atoms with Crippen molar-refractivity contribution in [3.8, 4) is 0 Å². The number of methoxy groups -OCH3 is 2. The quantitative estimate of drug-likeness (QED) is 0.0828. The fourth-order valence-corrected chi connectivity index (χ4v) is 5.85. The minimum Gasteiger partial charge on any atom is -0.490 e. The first-order valence-corrected chi connectivity index (χ1v) is 14.2. The molecule has 5 aromatic carbocycles. The molecule has 0 aliphatic rings. The van der Waals surface area contributed by atoms with Crippen molar-refractivity contribution < 1.29 is 23.6 Å². The average molecular weight is 607 g/mol. The maximum atomic E-state index is 13.8. The topological polar surface area (TPSA) is 56.5 Å². The number of esters is 2. The van der Waals surface area contributed by atoms with Gasteiger partial charge in [0.05, 0.1) is 25.2 Å². The number of ether oxygens (including phenoxy) is 2. The molecular formula is C36H25Cl2NO4. The van der Waals surface area contributed by atoms with Gasteiger partial charge in [-0.2, -0.15) is 4.57 Å². The van der Waals surface area contributed by atoms with Crippen molar-refractivity contribution >= 4 is 91.0 Å². The van der Waals surface area contributed by atoms with E-state index >= 15 is 0 Å². The molecule has 0 saturated heterocycles. The van der Waals surface area contributed by atoms with Gasteiger partial charge in [0, 0.05) is 22.2 Å². The molecule has 0 fully saturated rings. The number of hydrogen-bond donors (Lipinski definition) is 0. The third-order valence-corrected chi connectivity index (χ3v) is 7.89. The second-order valence-electron chi connectivity index (χ2n) is 9.86. The van der Waals surface area contributed by atoms with Crippen LogP contribution in [0.15, 0.2) is 103 Å². The van der Waals surface area contributed by atoms with Gasteiger partial charge < -0.3 is 9.47 Å². The van der Waals surface area contributed by atoms with Crippen molar-refractivity contribution in [2.75, 3.05) is 14.2 Å². The van der Waals surface area contributed by atoms with Gasteiger partial charge in [0.25, 0.3) is 11.7 Å². The number of hydrogen-bond acceptors (Lipinski definition) is 4. The number of nitrogens with zero attached hydrogens (tertiary/aromatic N) is 1. The number of carbonyl (C=O) groups is 2. The van der Waals surface area contributed by atoms with E-state index in [1.165, 1.54) is 14.2 Å². The zero-order chi connectivity index (χ0) is 30.1. The largest absolute Gasteiger partial charge is 0.490 e. The smallest absolute Gasteiger partial charge is 0.379 e. The van der Waals surface area contributed by atoms with Gasteiger partial charge in [-0.25, -0.2) is 4.79 Å². The Kier molecular flexibility index (Phi) is 7.76. The van der Waals surface area contributed by atoms with Gasteiger partial charge in [0.1, 0.15) is 0 Å². The molecule has 0 aliphatic heterocycles. The molecule has 5 nitrogen and oxygen atoms in total. The van der Waals surface area contributed by atoms with Crippen molar-refractivity contribution in [3.63, 3.8) is 0 Å². The molecule has 0 spiro atoms. The van der Waals surface area contributed by atoms with Crippen LogP contribution in [0.1, 0.15) is 16.7 Å². The highest BCUT2D eigenvalue weighted by molar-refractivity contribution is 6.40. The van der Waals surface area contributed by atoms with Crippen molar-refractivity contribution in [1.82, 2.24) is 0 Å². The second-order valence-corrected chi connectivity index (χ2v) is 10.7. The summed E-state index contributed by atoms with van der Waals surface area (Å²) in [4.78, 5) is 27.5. The Balaban J connectivity index is 1.71. The number of rotatable bonds is 6. The summed E-state index contributed by atoms with van der Waals surface area (Å²) in [5.41, 5.74) is 3.18. The van der Waals surface area contributed by atoms with E-state index in [4.69, 9.17) is 32.7 Å². The van der Waals surface area contributed by atoms with Gasteiger partial charge in [0.15, 0.2) is 6.20 Å². The van der Waals surface area contributed by atoms with E-state index in [1.807, 2.05) is 84.9 Å². The molecule has 0 N–H and O–H groups in total. The van der Waals surface area contributed by atoms with Crippen LogP contribution in [0.5, 0.6) is 0 Å². The first-order chi connectivity index (χ1) is 20.9. The molecule has 0 unspecified atom stereocenters. The lowest BCUT2D eigenvalue weighted by molar-refractivity contribution is -0.548. The van der Waals surface area contributed by atoms with E-state index < -0.39 is 11.9 Å². The minimum absolute atomic E-state index is 0.00195. The van der Waals surface area contributed by atoms with Crippen LogP contribution in [0.3, 0.4) is 0 Å². The monoisotopic (exact) mass is 605 g/mol. The zero-order valence-electron chi connectivity index (χ0n) is 23.3. The summed E-state index contributed by atoms with van der Waals surface area (Å²) in [6, 6.07) is 30.4. The van der Waals surface area contributed by atoms with Gasteiger partial charge in [-0.3, -0.25) is 4.79 Å². The molecule has 212 valence electrons. The molecule has 0 bridgehead atoms. The van der Waals surface area contributed by atoms with Crippen LogP contribution in [0, 0.1) is 0 Å². The average Bonchev–Trinajstić information content (AvgIpc) is 3.34. The van der Waals surface area contributed by atoms with Crippen LogP contribution in [0.2, 0.25) is 10.0 Å². The molecular weight excluding hydrogens is 581 g/mol. The highest BCUT2D eigenvalue weighted by Crippen LogP contribution is 2.42. The van der Waals surface area contributed by atoms with Gasteiger partial charge in [-0.05, 0) is 17.2 Å². The summed E-state index contributed by atoms with van der Waals surface area (Å²) >= 11 is 12.9. The van der Waals surface area contributed by atoms with E-state index in [2.05, 4.69) is 0 Å². The number of aromatic nitrogens is 1. The third kappa shape index (κ3) is 5.18. The molecule has 1 aromatic heterocycles. The first kappa shape index (κ1) is 28.3. The van der Waals surface area contributed by atoms with E-state index in [0.29, 0.717) is 31.9 Å². The summed E-state index contributed by atoms with van der Waals surface area (Å²) in [7, 11) is 2.57. The summed E-state index contributed by atoms with van der Waals surface area (Å²) < 4.78 is 12.3. The Morgan fingerprint density at radius 2 is 1.30 bits per heavy atom. The first-order valence-electron chi connectivity index (χ1n) is 13.5. The molecule has 0 radical (unpaired) electrons. The molecule has 1 heterocycles. The van der Waals surface area contributed by atoms with Gasteiger partial charge >= 0.3 is 5.97 Å². The summed E-state index contributed by atoms with van der Waals surface area (Å²) in [5.74, 6) is -1.42. The van der Waals surface area contributed by atoms with Crippen LogP contribution in [0.4, 0.5) is 0 Å². The number of carbonyl (C=O) groups excluding carboxylic acids is 2. The Labute approximate surface area is 258 Å². The lowest BCUT2D eigenvalue weighted by Gasteiger charge is -2.16. The standard InChI is InChI=1S/C36H25Cl2NO4/c1-42-35(40)33(32-29-20-24(37)14-16-27(29)28-17-15-25(38)21-30(28)32)34(36(41)43-2)39-19-18-23(26-10-6-7-11-31(26)39)13-12-22-8-4-3-5-9-22/h3-21H,1-2H3/b13-12+,34-33-. The van der Waals surface area contributed by atoms with Crippen molar-refractivity contribution in [1.29, 1.82) is 0 Å². The molecule has 0 saturated carbocycles. The number of benzene rings is 4. The van der Waals surface area contributed by atoms with Gasteiger partial charge in [0.2, 0.25) is 5.52 Å². The SMILES string of the molecule is COC(=O)/C(=C(/C(=O)OC)[n+]1ccc(/C=C/c2ccccc2)c2ccccc21)[c-]1c2cc(Cl)ccc2c2ccc(Cl)cc21. The molecule has 43 heavy (non-hydrogen) atoms. The van der Waals surface area contributed by atoms with Crippen LogP contribution in [-0.2, 0) is 19.1 Å². The van der Waals surface area contributed by atoms with E-state index in [1.54, 1.807) is 35.0 Å². The Hall–Kier alpha value is -4.84. The van der Waals surface area contributed by atoms with Crippen LogP contribution in [-0.4, -0.2) is 26.2 Å². The van der Waals surface area contributed by atoms with Crippen LogP contribution in [0.25, 0.3) is 55.9 Å². The minimum atomic E-state index is -0.713. The lowest BCUT2D eigenvalue weighted by atomic mass is 9.99. The summed E-state index contributed by atoms with van der Waals surface area (Å²) in [6.45, 7) is 0. The Bertz CT molecular complexity index is 2050. The maximum Gasteiger partial charge on any atom is 0.379 e. The van der Waals surface area contributed by atoms with E-state index in [0.717, 1.165) is 27.3 Å². The highest BCUT2D eigenvalue weighted by atomic mass is 35.5. The fraction of sp³-hybridized carbons (Fsp3) is 0.0556. The molecule has 6 aromatic rings. The lowest BCUT2D eigenvalue weighted by Crippen LogP contribution is -2.39. The second kappa shape index (κ2) is 11.8. The van der Waals surface area contributed by atoms with E-state index in [-0.39, 0.29) is 11.3 Å². The number of pyridine rings is 1. The normalized spacial score (nSPS) is 12.2. The summed E-state index contributed by atoms with van der Waals surface area (Å²) in [5, 5.41) is 4.89. The van der Waals surface area contributed by atoms with Crippen molar-refractivity contribution in [2.24, 2.45) is 0 Å². The van der Waals surface area contributed by atoms with Gasteiger partial charge in [-0.15, -0.1) is 0 Å². The molecule has 0 aliphatic carbocycles. The molecule has 0 amide bonds. The van der Waals surface area contributed by atoms with Crippen LogP contribution < -0.4 is 4.57 Å². The van der Waals surface area contributed by atoms with Gasteiger partial charge in [-0.1, -0.05) is 141 Å². The highest BCUT2D eigenvalue weighted by Gasteiger charge is 2.32. The van der Waals surface area contributed by atoms with Crippen molar-refractivity contribution in [2.45, 2.75) is 0 Å². The van der Waals surface area contributed by atoms with E-state index in [9.17, 15) is 9.59 Å². The molecule has 0 atom stereocenters. The van der Waals surface area contributed by atoms with Crippen LogP contribution >= 0.6 is 23.2 Å². The predicted octanol–water partition coefficient (Wildman–Crippen LogP) is 8.34. The fourth-order valence-electron chi connectivity index (χ4n) is 5.51. The number of para-hydroxylation sites is 1. The third-order valence-electron chi connectivity index (χ3n) is 7.42. The van der Waals surface area contributed by atoms with Crippen molar-refractivity contribution in [3.05, 3.63) is 130 Å².